The van der Waals surface area contributed by atoms with Gasteiger partial charge in [0.05, 0.1) is 21.8 Å². The normalized spacial score (nSPS) is 19.3. The molecule has 1 N–H and O–H groups in total. The fourth-order valence-corrected chi connectivity index (χ4v) is 5.71. The lowest BCUT2D eigenvalue weighted by molar-refractivity contribution is -0.123. The first kappa shape index (κ1) is 19.8. The van der Waals surface area contributed by atoms with E-state index in [1.165, 1.54) is 31.4 Å². The average Bonchev–Trinajstić information content (AvgIpc) is 2.67. The highest BCUT2D eigenvalue weighted by atomic mass is 32.2. The maximum absolute atomic E-state index is 12.3. The summed E-state index contributed by atoms with van der Waals surface area (Å²) in [7, 11) is -5.94. The standard InChI is InChI=1S/C15H22N2O6S2/c1-15(2)11-24(19,20)17(14(15)18)12-5-7-13(8-6-12)25(21,22)16-9-4-10-23-3/h5-8,16H,4,9-11H2,1-3H3. The smallest absolute Gasteiger partial charge is 0.247 e. The molecular formula is C15H22N2O6S2. The number of nitrogens with zero attached hydrogens (tertiary/aromatic N) is 1. The van der Waals surface area contributed by atoms with Gasteiger partial charge in [-0.05, 0) is 44.5 Å². The number of hydrogen-bond acceptors (Lipinski definition) is 6. The van der Waals surface area contributed by atoms with Crippen LogP contribution in [0, 0.1) is 5.41 Å². The Balaban J connectivity index is 2.21. The van der Waals surface area contributed by atoms with Crippen LogP contribution in [0.15, 0.2) is 29.2 Å². The van der Waals surface area contributed by atoms with Gasteiger partial charge in [0.15, 0.2) is 0 Å². The molecule has 0 radical (unpaired) electrons. The minimum Gasteiger partial charge on any atom is -0.385 e. The van der Waals surface area contributed by atoms with Gasteiger partial charge in [-0.3, -0.25) is 4.79 Å². The average molecular weight is 390 g/mol. The highest BCUT2D eigenvalue weighted by molar-refractivity contribution is 7.94. The Morgan fingerprint density at radius 3 is 2.32 bits per heavy atom. The number of benzene rings is 1. The first-order chi connectivity index (χ1) is 11.5. The number of carbonyl (C=O) groups is 1. The zero-order chi connectivity index (χ0) is 18.9. The number of nitrogens with one attached hydrogen (secondary N) is 1. The van der Waals surface area contributed by atoms with Gasteiger partial charge < -0.3 is 4.74 Å². The summed E-state index contributed by atoms with van der Waals surface area (Å²) >= 11 is 0. The number of rotatable bonds is 7. The van der Waals surface area contributed by atoms with E-state index in [4.69, 9.17) is 4.74 Å². The largest absolute Gasteiger partial charge is 0.385 e. The Hall–Kier alpha value is -1.49. The molecule has 0 aliphatic carbocycles. The first-order valence-electron chi connectivity index (χ1n) is 7.67. The summed E-state index contributed by atoms with van der Waals surface area (Å²) in [6.45, 7) is 3.79. The number of hydrogen-bond donors (Lipinski definition) is 1. The molecule has 0 bridgehead atoms. The molecular weight excluding hydrogens is 368 g/mol. The summed E-state index contributed by atoms with van der Waals surface area (Å²) in [5.74, 6) is -0.805. The zero-order valence-corrected chi connectivity index (χ0v) is 16.0. The van der Waals surface area contributed by atoms with Gasteiger partial charge in [0.1, 0.15) is 0 Å². The van der Waals surface area contributed by atoms with Crippen molar-refractivity contribution in [2.24, 2.45) is 5.41 Å². The molecule has 1 aliphatic rings. The lowest BCUT2D eigenvalue weighted by Gasteiger charge is -2.17. The van der Waals surface area contributed by atoms with Gasteiger partial charge in [-0.15, -0.1) is 0 Å². The zero-order valence-electron chi connectivity index (χ0n) is 14.4. The molecule has 0 unspecified atom stereocenters. The number of anilines is 1. The molecule has 0 saturated carbocycles. The van der Waals surface area contributed by atoms with Crippen LogP contribution in [0.2, 0.25) is 0 Å². The van der Waals surface area contributed by atoms with Crippen LogP contribution in [0.25, 0.3) is 0 Å². The third kappa shape index (κ3) is 4.20. The van der Waals surface area contributed by atoms with Crippen molar-refractivity contribution in [3.8, 4) is 0 Å². The number of carbonyl (C=O) groups excluding carboxylic acids is 1. The van der Waals surface area contributed by atoms with E-state index in [0.29, 0.717) is 13.0 Å². The number of ether oxygens (including phenoxy) is 1. The summed E-state index contributed by atoms with van der Waals surface area (Å²) in [5, 5.41) is 0. The molecule has 1 saturated heterocycles. The molecule has 0 spiro atoms. The predicted octanol–water partition coefficient (Wildman–Crippen LogP) is 0.704. The molecule has 0 atom stereocenters. The lowest BCUT2D eigenvalue weighted by atomic mass is 9.95. The maximum Gasteiger partial charge on any atom is 0.247 e. The summed E-state index contributed by atoms with van der Waals surface area (Å²) in [6.07, 6.45) is 0.531. The van der Waals surface area contributed by atoms with Gasteiger partial charge >= 0.3 is 0 Å². The Labute approximate surface area is 148 Å². The molecule has 1 aromatic rings. The fourth-order valence-electron chi connectivity index (χ4n) is 2.53. The van der Waals surface area contributed by atoms with Crippen molar-refractivity contribution in [2.45, 2.75) is 25.2 Å². The van der Waals surface area contributed by atoms with Crippen LogP contribution < -0.4 is 9.03 Å². The van der Waals surface area contributed by atoms with Gasteiger partial charge in [0.25, 0.3) is 0 Å². The van der Waals surface area contributed by atoms with Crippen LogP contribution in [-0.4, -0.2) is 48.8 Å². The maximum atomic E-state index is 12.3. The van der Waals surface area contributed by atoms with E-state index in [1.54, 1.807) is 13.8 Å². The molecule has 25 heavy (non-hydrogen) atoms. The fraction of sp³-hybridized carbons (Fsp3) is 0.533. The van der Waals surface area contributed by atoms with Crippen molar-refractivity contribution in [3.05, 3.63) is 24.3 Å². The van der Waals surface area contributed by atoms with E-state index in [-0.39, 0.29) is 22.9 Å². The number of methoxy groups -OCH3 is 1. The van der Waals surface area contributed by atoms with Gasteiger partial charge in [0, 0.05) is 20.3 Å². The summed E-state index contributed by atoms with van der Waals surface area (Å²) in [4.78, 5) is 12.3. The SMILES string of the molecule is COCCCNS(=O)(=O)c1ccc(N2C(=O)C(C)(C)CS2(=O)=O)cc1. The molecule has 1 aliphatic heterocycles. The van der Waals surface area contributed by atoms with E-state index < -0.39 is 31.4 Å². The van der Waals surface area contributed by atoms with E-state index >= 15 is 0 Å². The second kappa shape index (κ2) is 7.02. The Kier molecular flexibility index (Phi) is 5.57. The van der Waals surface area contributed by atoms with Crippen LogP contribution in [0.5, 0.6) is 0 Å². The molecule has 140 valence electrons. The van der Waals surface area contributed by atoms with Gasteiger partial charge in [-0.25, -0.2) is 25.9 Å². The van der Waals surface area contributed by atoms with Crippen LogP contribution in [0.1, 0.15) is 20.3 Å². The summed E-state index contributed by atoms with van der Waals surface area (Å²) in [6, 6.07) is 5.20. The van der Waals surface area contributed by atoms with E-state index in [2.05, 4.69) is 4.72 Å². The highest BCUT2D eigenvalue weighted by Crippen LogP contribution is 2.35. The molecule has 1 heterocycles. The predicted molar refractivity (Wildman–Crippen MR) is 93.2 cm³/mol. The second-order valence-corrected chi connectivity index (χ2v) is 10.0. The van der Waals surface area contributed by atoms with E-state index in [1.807, 2.05) is 0 Å². The molecule has 10 heteroatoms. The highest BCUT2D eigenvalue weighted by Gasteiger charge is 2.49. The molecule has 1 aromatic carbocycles. The van der Waals surface area contributed by atoms with Gasteiger partial charge in [-0.1, -0.05) is 0 Å². The number of amides is 1. The summed E-state index contributed by atoms with van der Waals surface area (Å²) in [5.41, 5.74) is -0.874. The van der Waals surface area contributed by atoms with E-state index in [0.717, 1.165) is 4.31 Å². The van der Waals surface area contributed by atoms with Crippen molar-refractivity contribution < 1.29 is 26.4 Å². The molecule has 0 aromatic heterocycles. The van der Waals surface area contributed by atoms with Crippen LogP contribution in [0.3, 0.4) is 0 Å². The molecule has 8 nitrogen and oxygen atoms in total. The third-order valence-corrected chi connectivity index (χ3v) is 7.28. The lowest BCUT2D eigenvalue weighted by Crippen LogP contribution is -2.33. The van der Waals surface area contributed by atoms with Crippen LogP contribution in [-0.2, 0) is 29.6 Å². The summed E-state index contributed by atoms with van der Waals surface area (Å²) < 4.78 is 56.8. The topological polar surface area (TPSA) is 110 Å². The minimum atomic E-state index is -3.76. The van der Waals surface area contributed by atoms with Crippen molar-refractivity contribution in [1.82, 2.24) is 4.72 Å². The monoisotopic (exact) mass is 390 g/mol. The Morgan fingerprint density at radius 1 is 1.24 bits per heavy atom. The van der Waals surface area contributed by atoms with E-state index in [9.17, 15) is 21.6 Å². The number of sulfonamides is 2. The van der Waals surface area contributed by atoms with Crippen molar-refractivity contribution in [1.29, 1.82) is 0 Å². The Morgan fingerprint density at radius 2 is 1.84 bits per heavy atom. The molecule has 1 fully saturated rings. The molecule has 2 rings (SSSR count). The third-order valence-electron chi connectivity index (χ3n) is 3.78. The first-order valence-corrected chi connectivity index (χ1v) is 10.8. The van der Waals surface area contributed by atoms with Crippen LogP contribution in [0.4, 0.5) is 5.69 Å². The van der Waals surface area contributed by atoms with Crippen molar-refractivity contribution >= 4 is 31.6 Å². The molecule has 1 amide bonds. The van der Waals surface area contributed by atoms with Crippen LogP contribution >= 0.6 is 0 Å². The van der Waals surface area contributed by atoms with Crippen molar-refractivity contribution in [3.63, 3.8) is 0 Å². The van der Waals surface area contributed by atoms with Crippen molar-refractivity contribution in [2.75, 3.05) is 30.3 Å². The van der Waals surface area contributed by atoms with Gasteiger partial charge in [-0.2, -0.15) is 0 Å². The quantitative estimate of drug-likeness (QED) is 0.687. The van der Waals surface area contributed by atoms with Gasteiger partial charge in [0.2, 0.25) is 26.0 Å². The Bertz CT molecular complexity index is 845. The minimum absolute atomic E-state index is 0.00280. The second-order valence-electron chi connectivity index (χ2n) is 6.45.